The van der Waals surface area contributed by atoms with E-state index >= 15 is 0 Å². The number of amides is 1. The zero-order valence-corrected chi connectivity index (χ0v) is 19.4. The minimum atomic E-state index is 0.0654. The Kier molecular flexibility index (Phi) is 6.52. The molecule has 1 N–H and O–H groups in total. The van der Waals surface area contributed by atoms with Crippen molar-refractivity contribution in [2.75, 3.05) is 32.7 Å². The topological polar surface area (TPSA) is 47.0 Å². The van der Waals surface area contributed by atoms with Crippen molar-refractivity contribution in [3.63, 3.8) is 0 Å². The van der Waals surface area contributed by atoms with Gasteiger partial charge in [0, 0.05) is 50.4 Å². The van der Waals surface area contributed by atoms with Gasteiger partial charge in [0.05, 0.1) is 6.04 Å². The summed E-state index contributed by atoms with van der Waals surface area (Å²) >= 11 is 0. The average Bonchev–Trinajstić information content (AvgIpc) is 3.13. The second-order valence-electron chi connectivity index (χ2n) is 9.81. The molecule has 4 fully saturated rings. The number of carbonyl (C=O) groups excluding carboxylic acids is 1. The van der Waals surface area contributed by atoms with E-state index in [1.807, 2.05) is 35.2 Å². The average molecular weight is 446 g/mol. The normalized spacial score (nSPS) is 24.5. The van der Waals surface area contributed by atoms with Crippen LogP contribution in [0.4, 0.5) is 0 Å². The maximum Gasteiger partial charge on any atom is 0.253 e. The van der Waals surface area contributed by atoms with Gasteiger partial charge in [0.25, 0.3) is 5.91 Å². The maximum absolute atomic E-state index is 13.1. The van der Waals surface area contributed by atoms with Crippen LogP contribution in [-0.2, 0) is 0 Å². The number of hydrogen-bond acceptors (Lipinski definition) is 4. The van der Waals surface area contributed by atoms with Crippen LogP contribution < -0.4 is 0 Å². The van der Waals surface area contributed by atoms with Crippen molar-refractivity contribution in [3.8, 4) is 5.75 Å². The van der Waals surface area contributed by atoms with Crippen LogP contribution in [0.1, 0.15) is 59.6 Å². The van der Waals surface area contributed by atoms with Crippen LogP contribution in [0.2, 0.25) is 0 Å². The number of rotatable bonds is 6. The SMILES string of the molecule is C=CCN1C2CC1CN(C(c1ccc(C(=O)N3CCCCCC3)cc1)c1cccc(O)c1)C2. The van der Waals surface area contributed by atoms with Gasteiger partial charge in [-0.2, -0.15) is 0 Å². The van der Waals surface area contributed by atoms with Crippen molar-refractivity contribution in [2.45, 2.75) is 50.2 Å². The summed E-state index contributed by atoms with van der Waals surface area (Å²) in [7, 11) is 0. The number of benzene rings is 2. The van der Waals surface area contributed by atoms with Crippen molar-refractivity contribution in [3.05, 3.63) is 77.9 Å². The molecule has 1 amide bonds. The Balaban J connectivity index is 1.39. The molecule has 0 saturated carbocycles. The Labute approximate surface area is 197 Å². The molecule has 174 valence electrons. The quantitative estimate of drug-likeness (QED) is 0.668. The van der Waals surface area contributed by atoms with Crippen molar-refractivity contribution < 1.29 is 9.90 Å². The Morgan fingerprint density at radius 2 is 1.70 bits per heavy atom. The molecule has 4 aliphatic rings. The van der Waals surface area contributed by atoms with Crippen LogP contribution in [0.25, 0.3) is 0 Å². The van der Waals surface area contributed by atoms with Crippen LogP contribution in [0.5, 0.6) is 5.75 Å². The van der Waals surface area contributed by atoms with Gasteiger partial charge in [0.2, 0.25) is 0 Å². The highest BCUT2D eigenvalue weighted by Crippen LogP contribution is 2.39. The largest absolute Gasteiger partial charge is 0.508 e. The van der Waals surface area contributed by atoms with E-state index in [0.717, 1.165) is 56.7 Å². The third-order valence-corrected chi connectivity index (χ3v) is 7.63. The fourth-order valence-corrected chi connectivity index (χ4v) is 5.95. The zero-order chi connectivity index (χ0) is 22.8. The summed E-state index contributed by atoms with van der Waals surface area (Å²) in [6.07, 6.45) is 7.89. The first-order valence-corrected chi connectivity index (χ1v) is 12.4. The van der Waals surface area contributed by atoms with Crippen molar-refractivity contribution in [1.82, 2.24) is 14.7 Å². The molecule has 33 heavy (non-hydrogen) atoms. The van der Waals surface area contributed by atoms with Gasteiger partial charge in [-0.05, 0) is 54.7 Å². The second kappa shape index (κ2) is 9.70. The van der Waals surface area contributed by atoms with Crippen LogP contribution in [0.3, 0.4) is 0 Å². The number of fused-ring (bicyclic) bond motifs is 2. The monoisotopic (exact) mass is 445 g/mol. The van der Waals surface area contributed by atoms with Gasteiger partial charge in [-0.15, -0.1) is 6.58 Å². The molecule has 4 heterocycles. The highest BCUT2D eigenvalue weighted by Gasteiger charge is 2.45. The molecule has 0 radical (unpaired) electrons. The third kappa shape index (κ3) is 4.57. The van der Waals surface area contributed by atoms with E-state index in [2.05, 4.69) is 34.6 Å². The summed E-state index contributed by atoms with van der Waals surface area (Å²) in [6, 6.07) is 17.0. The molecule has 3 unspecified atom stereocenters. The van der Waals surface area contributed by atoms with Crippen LogP contribution in [0, 0.1) is 0 Å². The lowest BCUT2D eigenvalue weighted by atomic mass is 9.84. The predicted octanol–water partition coefficient (Wildman–Crippen LogP) is 4.44. The minimum absolute atomic E-state index is 0.0654. The van der Waals surface area contributed by atoms with E-state index in [1.54, 1.807) is 6.07 Å². The molecule has 5 heteroatoms. The summed E-state index contributed by atoms with van der Waals surface area (Å²) in [5.41, 5.74) is 3.04. The molecule has 2 aromatic rings. The minimum Gasteiger partial charge on any atom is -0.508 e. The molecule has 3 atom stereocenters. The Bertz CT molecular complexity index is 969. The highest BCUT2D eigenvalue weighted by atomic mass is 16.3. The second-order valence-corrected chi connectivity index (χ2v) is 9.81. The Hall–Kier alpha value is -2.63. The fourth-order valence-electron chi connectivity index (χ4n) is 5.95. The lowest BCUT2D eigenvalue weighted by molar-refractivity contribution is -0.0706. The summed E-state index contributed by atoms with van der Waals surface area (Å²) in [5, 5.41) is 10.2. The van der Waals surface area contributed by atoms with Gasteiger partial charge in [-0.3, -0.25) is 14.6 Å². The predicted molar refractivity (Wildman–Crippen MR) is 131 cm³/mol. The molecule has 6 rings (SSSR count). The smallest absolute Gasteiger partial charge is 0.253 e. The van der Waals surface area contributed by atoms with Gasteiger partial charge in [-0.1, -0.05) is 43.2 Å². The molecule has 4 aliphatic heterocycles. The van der Waals surface area contributed by atoms with Crippen LogP contribution in [-0.4, -0.2) is 70.5 Å². The molecule has 2 aromatic carbocycles. The lowest BCUT2D eigenvalue weighted by Gasteiger charge is -2.57. The first kappa shape index (κ1) is 22.2. The summed E-state index contributed by atoms with van der Waals surface area (Å²) in [5.74, 6) is 0.442. The molecule has 0 aromatic heterocycles. The number of phenolic OH excluding ortho intramolecular Hbond substituents is 1. The number of phenols is 1. The van der Waals surface area contributed by atoms with E-state index in [4.69, 9.17) is 0 Å². The first-order chi connectivity index (χ1) is 16.1. The molecule has 4 saturated heterocycles. The van der Waals surface area contributed by atoms with E-state index in [0.29, 0.717) is 17.8 Å². The molecular formula is C28H35N3O2. The summed E-state index contributed by atoms with van der Waals surface area (Å²) in [6.45, 7) is 8.60. The van der Waals surface area contributed by atoms with Gasteiger partial charge in [-0.25, -0.2) is 0 Å². The molecule has 5 nitrogen and oxygen atoms in total. The molecular weight excluding hydrogens is 410 g/mol. The summed E-state index contributed by atoms with van der Waals surface area (Å²) in [4.78, 5) is 20.2. The molecule has 0 spiro atoms. The molecule has 2 bridgehead atoms. The van der Waals surface area contributed by atoms with Gasteiger partial charge in [0.1, 0.15) is 5.75 Å². The number of carbonyl (C=O) groups is 1. The number of nitrogens with zero attached hydrogens (tertiary/aromatic N) is 3. The Morgan fingerprint density at radius 1 is 1.00 bits per heavy atom. The number of aromatic hydroxyl groups is 1. The fraction of sp³-hybridized carbons (Fsp3) is 0.464. The summed E-state index contributed by atoms with van der Waals surface area (Å²) < 4.78 is 0. The molecule has 0 aliphatic carbocycles. The highest BCUT2D eigenvalue weighted by molar-refractivity contribution is 5.94. The first-order valence-electron chi connectivity index (χ1n) is 12.4. The van der Waals surface area contributed by atoms with Crippen LogP contribution in [0.15, 0.2) is 61.2 Å². The van der Waals surface area contributed by atoms with Gasteiger partial charge >= 0.3 is 0 Å². The number of likely N-dealkylation sites (tertiary alicyclic amines) is 1. The van der Waals surface area contributed by atoms with Gasteiger partial charge < -0.3 is 10.0 Å². The lowest BCUT2D eigenvalue weighted by Crippen LogP contribution is -2.68. The number of piperidine rings is 1. The van der Waals surface area contributed by atoms with Crippen LogP contribution >= 0.6 is 0 Å². The van der Waals surface area contributed by atoms with Crippen molar-refractivity contribution in [2.24, 2.45) is 0 Å². The van der Waals surface area contributed by atoms with E-state index in [-0.39, 0.29) is 11.9 Å². The third-order valence-electron chi connectivity index (χ3n) is 7.63. The van der Waals surface area contributed by atoms with Gasteiger partial charge in [0.15, 0.2) is 0 Å². The maximum atomic E-state index is 13.1. The number of piperazine rings is 1. The van der Waals surface area contributed by atoms with E-state index in [1.165, 1.54) is 24.8 Å². The van der Waals surface area contributed by atoms with E-state index in [9.17, 15) is 9.90 Å². The van der Waals surface area contributed by atoms with Crippen molar-refractivity contribution in [1.29, 1.82) is 0 Å². The van der Waals surface area contributed by atoms with Crippen molar-refractivity contribution >= 4 is 5.91 Å². The number of hydrogen-bond donors (Lipinski definition) is 1. The zero-order valence-electron chi connectivity index (χ0n) is 19.4. The van der Waals surface area contributed by atoms with E-state index < -0.39 is 0 Å². The standard InChI is InChI=1S/C28H35N3O2/c1-2-14-31-24-18-25(31)20-30(19-24)27(23-8-7-9-26(32)17-23)21-10-12-22(13-11-21)28(33)29-15-5-3-4-6-16-29/h2,7-13,17,24-25,27,32H,1,3-6,14-16,18-20H2. The Morgan fingerprint density at radius 3 is 2.33 bits per heavy atom.